The quantitative estimate of drug-likeness (QED) is 0.783. The summed E-state index contributed by atoms with van der Waals surface area (Å²) in [5.74, 6) is 0. The first-order valence-electron chi connectivity index (χ1n) is 9.23. The molecule has 22 heavy (non-hydrogen) atoms. The van der Waals surface area contributed by atoms with Crippen LogP contribution in [0.2, 0.25) is 0 Å². The van der Waals surface area contributed by atoms with Crippen molar-refractivity contribution in [2.24, 2.45) is 0 Å². The van der Waals surface area contributed by atoms with Crippen molar-refractivity contribution < 1.29 is 0 Å². The molecule has 0 aromatic rings. The fourth-order valence-corrected chi connectivity index (χ4v) is 4.72. The normalized spacial score (nSPS) is 23.7. The minimum Gasteiger partial charge on any atom is -0.303 e. The van der Waals surface area contributed by atoms with E-state index in [1.807, 2.05) is 0 Å². The van der Waals surface area contributed by atoms with Crippen molar-refractivity contribution in [1.29, 1.82) is 0 Å². The Bertz CT molecular complexity index is 397. The lowest BCUT2D eigenvalue weighted by molar-refractivity contribution is 0.0835. The zero-order valence-corrected chi connectivity index (χ0v) is 15.8. The number of nitrogens with one attached hydrogen (secondary N) is 1. The molecule has 0 unspecified atom stereocenters. The van der Waals surface area contributed by atoms with Gasteiger partial charge in [-0.3, -0.25) is 9.80 Å². The molecule has 0 aliphatic carbocycles. The van der Waals surface area contributed by atoms with Crippen LogP contribution in [-0.2, 0) is 0 Å². The van der Waals surface area contributed by atoms with Crippen molar-refractivity contribution in [2.75, 3.05) is 32.8 Å². The van der Waals surface area contributed by atoms with Crippen LogP contribution in [0.15, 0.2) is 11.1 Å². The molecule has 0 bridgehead atoms. The SMILES string of the molecule is CC/C(C)=C(\C(C)(C)N1CCCCC1)C(C)(C)N1CCNC1. The predicted octanol–water partition coefficient (Wildman–Crippen LogP) is 3.62. The van der Waals surface area contributed by atoms with Crippen molar-refractivity contribution >= 4 is 0 Å². The van der Waals surface area contributed by atoms with Gasteiger partial charge in [-0.05, 0) is 72.5 Å². The zero-order chi connectivity index (χ0) is 16.4. The zero-order valence-electron chi connectivity index (χ0n) is 15.8. The second kappa shape index (κ2) is 7.02. The average molecular weight is 308 g/mol. The highest BCUT2D eigenvalue weighted by Gasteiger charge is 2.43. The highest BCUT2D eigenvalue weighted by Crippen LogP contribution is 2.40. The molecule has 2 heterocycles. The van der Waals surface area contributed by atoms with Crippen LogP contribution in [0.25, 0.3) is 0 Å². The molecule has 2 fully saturated rings. The summed E-state index contributed by atoms with van der Waals surface area (Å²) in [6.45, 7) is 20.2. The lowest BCUT2D eigenvalue weighted by Crippen LogP contribution is -2.57. The van der Waals surface area contributed by atoms with Gasteiger partial charge in [-0.1, -0.05) is 18.9 Å². The van der Waals surface area contributed by atoms with E-state index in [1.54, 1.807) is 11.1 Å². The van der Waals surface area contributed by atoms with Crippen molar-refractivity contribution in [3.63, 3.8) is 0 Å². The summed E-state index contributed by atoms with van der Waals surface area (Å²) >= 11 is 0. The Morgan fingerprint density at radius 3 is 2.00 bits per heavy atom. The van der Waals surface area contributed by atoms with E-state index in [0.29, 0.717) is 0 Å². The van der Waals surface area contributed by atoms with E-state index in [4.69, 9.17) is 0 Å². The maximum absolute atomic E-state index is 3.51. The monoisotopic (exact) mass is 307 g/mol. The highest BCUT2D eigenvalue weighted by molar-refractivity contribution is 5.34. The Balaban J connectivity index is 2.37. The molecule has 1 N–H and O–H groups in total. The van der Waals surface area contributed by atoms with E-state index in [0.717, 1.165) is 26.2 Å². The molecule has 3 nitrogen and oxygen atoms in total. The van der Waals surface area contributed by atoms with Gasteiger partial charge in [0.15, 0.2) is 0 Å². The van der Waals surface area contributed by atoms with Gasteiger partial charge in [-0.25, -0.2) is 0 Å². The van der Waals surface area contributed by atoms with E-state index in [2.05, 4.69) is 56.7 Å². The van der Waals surface area contributed by atoms with Crippen LogP contribution in [0, 0.1) is 0 Å². The fraction of sp³-hybridized carbons (Fsp3) is 0.895. The molecule has 0 aromatic carbocycles. The van der Waals surface area contributed by atoms with Crippen molar-refractivity contribution in [3.8, 4) is 0 Å². The molecule has 2 saturated heterocycles. The van der Waals surface area contributed by atoms with Crippen molar-refractivity contribution in [3.05, 3.63) is 11.1 Å². The highest BCUT2D eigenvalue weighted by atomic mass is 15.3. The van der Waals surface area contributed by atoms with Gasteiger partial charge in [0.25, 0.3) is 0 Å². The first-order valence-corrected chi connectivity index (χ1v) is 9.23. The second-order valence-electron chi connectivity index (χ2n) is 8.10. The van der Waals surface area contributed by atoms with Crippen molar-refractivity contribution in [2.45, 2.75) is 78.3 Å². The Morgan fingerprint density at radius 2 is 1.50 bits per heavy atom. The molecule has 2 rings (SSSR count). The summed E-state index contributed by atoms with van der Waals surface area (Å²) in [6.07, 6.45) is 5.26. The molecule has 0 radical (unpaired) electrons. The molecule has 3 heteroatoms. The summed E-state index contributed by atoms with van der Waals surface area (Å²) in [5.41, 5.74) is 3.48. The van der Waals surface area contributed by atoms with E-state index in [1.165, 1.54) is 32.4 Å². The van der Waals surface area contributed by atoms with Gasteiger partial charge in [0.2, 0.25) is 0 Å². The third-order valence-electron chi connectivity index (χ3n) is 5.98. The predicted molar refractivity (Wildman–Crippen MR) is 96.1 cm³/mol. The van der Waals surface area contributed by atoms with Crippen LogP contribution in [0.4, 0.5) is 0 Å². The average Bonchev–Trinajstić information content (AvgIpc) is 3.02. The number of piperidine rings is 1. The smallest absolute Gasteiger partial charge is 0.0489 e. The molecule has 0 aromatic heterocycles. The van der Waals surface area contributed by atoms with Crippen molar-refractivity contribution in [1.82, 2.24) is 15.1 Å². The molecule has 0 atom stereocenters. The lowest BCUT2D eigenvalue weighted by atomic mass is 9.74. The molecule has 0 spiro atoms. The van der Waals surface area contributed by atoms with Gasteiger partial charge in [-0.2, -0.15) is 0 Å². The number of nitrogens with zero attached hydrogens (tertiary/aromatic N) is 2. The maximum atomic E-state index is 3.51. The number of rotatable bonds is 5. The van der Waals surface area contributed by atoms with Gasteiger partial charge in [0, 0.05) is 30.8 Å². The summed E-state index contributed by atoms with van der Waals surface area (Å²) in [6, 6.07) is 0. The van der Waals surface area contributed by atoms with E-state index < -0.39 is 0 Å². The molecule has 128 valence electrons. The number of hydrogen-bond donors (Lipinski definition) is 1. The van der Waals surface area contributed by atoms with Crippen LogP contribution in [0.1, 0.15) is 67.2 Å². The van der Waals surface area contributed by atoms with Gasteiger partial charge < -0.3 is 5.32 Å². The second-order valence-corrected chi connectivity index (χ2v) is 8.10. The fourth-order valence-electron chi connectivity index (χ4n) is 4.72. The topological polar surface area (TPSA) is 18.5 Å². The molecule has 2 aliphatic heterocycles. The molecule has 0 amide bonds. The van der Waals surface area contributed by atoms with Crippen LogP contribution in [0.3, 0.4) is 0 Å². The van der Waals surface area contributed by atoms with Gasteiger partial charge in [0.05, 0.1) is 0 Å². The minimum absolute atomic E-state index is 0.116. The Morgan fingerprint density at radius 1 is 0.909 bits per heavy atom. The number of hydrogen-bond acceptors (Lipinski definition) is 3. The third-order valence-corrected chi connectivity index (χ3v) is 5.98. The summed E-state index contributed by atoms with van der Waals surface area (Å²) in [7, 11) is 0. The summed E-state index contributed by atoms with van der Waals surface area (Å²) in [4.78, 5) is 5.35. The Kier molecular flexibility index (Phi) is 5.73. The maximum Gasteiger partial charge on any atom is 0.0489 e. The summed E-state index contributed by atoms with van der Waals surface area (Å²) < 4.78 is 0. The minimum atomic E-state index is 0.116. The first kappa shape index (κ1) is 18.0. The van der Waals surface area contributed by atoms with Crippen LogP contribution < -0.4 is 5.32 Å². The lowest BCUT2D eigenvalue weighted by Gasteiger charge is -2.51. The van der Waals surface area contributed by atoms with E-state index >= 15 is 0 Å². The molecular formula is C19H37N3. The summed E-state index contributed by atoms with van der Waals surface area (Å²) in [5, 5.41) is 3.51. The first-order chi connectivity index (χ1) is 10.3. The standard InChI is InChI=1S/C19H37N3/c1-7-16(2)17(19(5,6)22-14-11-20-15-22)18(3,4)21-12-9-8-10-13-21/h20H,7-15H2,1-6H3/b17-16+. The van der Waals surface area contributed by atoms with Gasteiger partial charge in [0.1, 0.15) is 0 Å². The van der Waals surface area contributed by atoms with Crippen LogP contribution in [-0.4, -0.2) is 53.7 Å². The number of likely N-dealkylation sites (tertiary alicyclic amines) is 1. The van der Waals surface area contributed by atoms with Crippen LogP contribution >= 0.6 is 0 Å². The van der Waals surface area contributed by atoms with Gasteiger partial charge in [-0.15, -0.1) is 0 Å². The third kappa shape index (κ3) is 3.42. The van der Waals surface area contributed by atoms with E-state index in [-0.39, 0.29) is 11.1 Å². The van der Waals surface area contributed by atoms with Crippen LogP contribution in [0.5, 0.6) is 0 Å². The Hall–Kier alpha value is -0.380. The number of allylic oxidation sites excluding steroid dienone is 1. The van der Waals surface area contributed by atoms with E-state index in [9.17, 15) is 0 Å². The Labute approximate surface area is 138 Å². The largest absolute Gasteiger partial charge is 0.303 e. The van der Waals surface area contributed by atoms with Gasteiger partial charge >= 0.3 is 0 Å². The molecule has 0 saturated carbocycles. The molecular weight excluding hydrogens is 270 g/mol. The molecule has 2 aliphatic rings.